The first-order valence-corrected chi connectivity index (χ1v) is 7.35. The SMILES string of the molecule is CNCCN(C)C(=O)CSCC(=O)c1ccccc1.Cl. The van der Waals surface area contributed by atoms with Gasteiger partial charge in [0.1, 0.15) is 0 Å². The number of Topliss-reactive ketones (excluding diaryl/α,β-unsaturated/α-hetero) is 1. The standard InChI is InChI=1S/C14H20N2O2S.ClH/c1-15-8-9-16(2)14(18)11-19-10-13(17)12-6-4-3-5-7-12;/h3-7,15H,8-11H2,1-2H3;1H. The molecule has 1 aromatic rings. The molecular formula is C14H21ClN2O2S. The van der Waals surface area contributed by atoms with Crippen molar-refractivity contribution in [3.63, 3.8) is 0 Å². The van der Waals surface area contributed by atoms with Crippen molar-refractivity contribution in [3.8, 4) is 0 Å². The van der Waals surface area contributed by atoms with E-state index in [1.807, 2.05) is 25.2 Å². The Bertz CT molecular complexity index is 415. The van der Waals surface area contributed by atoms with Gasteiger partial charge in [0, 0.05) is 25.7 Å². The summed E-state index contributed by atoms with van der Waals surface area (Å²) < 4.78 is 0. The summed E-state index contributed by atoms with van der Waals surface area (Å²) in [5, 5.41) is 2.99. The van der Waals surface area contributed by atoms with E-state index in [0.717, 1.165) is 6.54 Å². The lowest BCUT2D eigenvalue weighted by Crippen LogP contribution is -2.34. The molecule has 0 bridgehead atoms. The first kappa shape index (κ1) is 19.0. The Kier molecular flexibility index (Phi) is 10.2. The zero-order valence-electron chi connectivity index (χ0n) is 11.8. The molecule has 0 aliphatic rings. The second-order valence-electron chi connectivity index (χ2n) is 4.20. The molecule has 1 rings (SSSR count). The van der Waals surface area contributed by atoms with Crippen LogP contribution in [-0.4, -0.2) is 55.3 Å². The third-order valence-corrected chi connectivity index (χ3v) is 3.59. The quantitative estimate of drug-likeness (QED) is 0.742. The van der Waals surface area contributed by atoms with Gasteiger partial charge in [-0.3, -0.25) is 9.59 Å². The number of thioether (sulfide) groups is 1. The number of hydrogen-bond donors (Lipinski definition) is 1. The van der Waals surface area contributed by atoms with E-state index < -0.39 is 0 Å². The van der Waals surface area contributed by atoms with E-state index in [0.29, 0.717) is 23.6 Å². The van der Waals surface area contributed by atoms with E-state index in [9.17, 15) is 9.59 Å². The van der Waals surface area contributed by atoms with Gasteiger partial charge in [-0.2, -0.15) is 0 Å². The molecule has 112 valence electrons. The van der Waals surface area contributed by atoms with Crippen LogP contribution in [0.2, 0.25) is 0 Å². The normalized spacial score (nSPS) is 9.70. The van der Waals surface area contributed by atoms with Crippen LogP contribution in [0.4, 0.5) is 0 Å². The Morgan fingerprint density at radius 3 is 2.45 bits per heavy atom. The zero-order valence-corrected chi connectivity index (χ0v) is 13.4. The minimum atomic E-state index is 0. The van der Waals surface area contributed by atoms with Crippen molar-refractivity contribution in [3.05, 3.63) is 35.9 Å². The molecule has 0 aliphatic carbocycles. The number of ketones is 1. The largest absolute Gasteiger partial charge is 0.344 e. The van der Waals surface area contributed by atoms with E-state index >= 15 is 0 Å². The van der Waals surface area contributed by atoms with Gasteiger partial charge in [0.05, 0.1) is 11.5 Å². The summed E-state index contributed by atoms with van der Waals surface area (Å²) in [6, 6.07) is 9.15. The van der Waals surface area contributed by atoms with Gasteiger partial charge >= 0.3 is 0 Å². The van der Waals surface area contributed by atoms with Crippen molar-refractivity contribution in [2.45, 2.75) is 0 Å². The first-order chi connectivity index (χ1) is 9.15. The molecule has 0 radical (unpaired) electrons. The molecule has 0 saturated carbocycles. The summed E-state index contributed by atoms with van der Waals surface area (Å²) in [7, 11) is 3.63. The van der Waals surface area contributed by atoms with Crippen LogP contribution in [0.25, 0.3) is 0 Å². The highest BCUT2D eigenvalue weighted by Crippen LogP contribution is 2.08. The molecule has 6 heteroatoms. The summed E-state index contributed by atoms with van der Waals surface area (Å²) in [5.74, 6) is 0.811. The maximum atomic E-state index is 11.8. The van der Waals surface area contributed by atoms with Crippen molar-refractivity contribution < 1.29 is 9.59 Å². The number of amides is 1. The fourth-order valence-corrected chi connectivity index (χ4v) is 2.30. The fraction of sp³-hybridized carbons (Fsp3) is 0.429. The number of benzene rings is 1. The van der Waals surface area contributed by atoms with Crippen LogP contribution in [-0.2, 0) is 4.79 Å². The molecule has 0 unspecified atom stereocenters. The number of nitrogens with one attached hydrogen (secondary N) is 1. The van der Waals surface area contributed by atoms with Gasteiger partial charge < -0.3 is 10.2 Å². The lowest BCUT2D eigenvalue weighted by atomic mass is 10.2. The Morgan fingerprint density at radius 2 is 1.85 bits per heavy atom. The van der Waals surface area contributed by atoms with Crippen LogP contribution in [0.5, 0.6) is 0 Å². The summed E-state index contributed by atoms with van der Waals surface area (Å²) in [6.07, 6.45) is 0. The number of likely N-dealkylation sites (N-methyl/N-ethyl adjacent to an activating group) is 2. The highest BCUT2D eigenvalue weighted by atomic mass is 35.5. The van der Waals surface area contributed by atoms with Crippen LogP contribution >= 0.6 is 24.2 Å². The molecule has 20 heavy (non-hydrogen) atoms. The van der Waals surface area contributed by atoms with Gasteiger partial charge in [-0.25, -0.2) is 0 Å². The molecule has 0 heterocycles. The van der Waals surface area contributed by atoms with Gasteiger partial charge in [-0.1, -0.05) is 30.3 Å². The average Bonchev–Trinajstić information content (AvgIpc) is 2.45. The molecular weight excluding hydrogens is 296 g/mol. The van der Waals surface area contributed by atoms with Crippen molar-refractivity contribution in [1.82, 2.24) is 10.2 Å². The van der Waals surface area contributed by atoms with Crippen LogP contribution in [0.15, 0.2) is 30.3 Å². The van der Waals surface area contributed by atoms with Crippen molar-refractivity contribution in [1.29, 1.82) is 0 Å². The van der Waals surface area contributed by atoms with E-state index in [1.165, 1.54) is 11.8 Å². The first-order valence-electron chi connectivity index (χ1n) is 6.19. The molecule has 0 spiro atoms. The second-order valence-corrected chi connectivity index (χ2v) is 5.19. The van der Waals surface area contributed by atoms with Gasteiger partial charge in [0.25, 0.3) is 0 Å². The second kappa shape index (κ2) is 10.7. The van der Waals surface area contributed by atoms with Crippen LogP contribution in [0, 0.1) is 0 Å². The van der Waals surface area contributed by atoms with Crippen LogP contribution in [0.1, 0.15) is 10.4 Å². The lowest BCUT2D eigenvalue weighted by Gasteiger charge is -2.16. The Balaban J connectivity index is 0.00000361. The highest BCUT2D eigenvalue weighted by Gasteiger charge is 2.10. The van der Waals surface area contributed by atoms with Crippen molar-refractivity contribution >= 4 is 35.9 Å². The Hall–Kier alpha value is -1.04. The number of halogens is 1. The van der Waals surface area contributed by atoms with Crippen LogP contribution in [0.3, 0.4) is 0 Å². The molecule has 0 atom stereocenters. The van der Waals surface area contributed by atoms with Gasteiger partial charge in [0.15, 0.2) is 5.78 Å². The number of carbonyl (C=O) groups excluding carboxylic acids is 2. The number of hydrogen-bond acceptors (Lipinski definition) is 4. The maximum Gasteiger partial charge on any atom is 0.232 e. The van der Waals surface area contributed by atoms with Crippen molar-refractivity contribution in [2.24, 2.45) is 0 Å². The molecule has 1 amide bonds. The van der Waals surface area contributed by atoms with Crippen molar-refractivity contribution in [2.75, 3.05) is 38.7 Å². The molecule has 0 fully saturated rings. The molecule has 0 saturated heterocycles. The summed E-state index contributed by atoms with van der Waals surface area (Å²) in [5.41, 5.74) is 0.700. The number of nitrogens with zero attached hydrogens (tertiary/aromatic N) is 1. The van der Waals surface area contributed by atoms with Gasteiger partial charge in [-0.05, 0) is 7.05 Å². The third-order valence-electron chi connectivity index (χ3n) is 2.68. The lowest BCUT2D eigenvalue weighted by molar-refractivity contribution is -0.127. The Labute approximate surface area is 130 Å². The maximum absolute atomic E-state index is 11.8. The topological polar surface area (TPSA) is 49.4 Å². The Morgan fingerprint density at radius 1 is 1.20 bits per heavy atom. The van der Waals surface area contributed by atoms with Gasteiger partial charge in [-0.15, -0.1) is 24.2 Å². The predicted octanol–water partition coefficient (Wildman–Crippen LogP) is 1.70. The highest BCUT2D eigenvalue weighted by molar-refractivity contribution is 8.00. The third kappa shape index (κ3) is 6.93. The van der Waals surface area contributed by atoms with Gasteiger partial charge in [0.2, 0.25) is 5.91 Å². The van der Waals surface area contributed by atoms with E-state index in [-0.39, 0.29) is 24.1 Å². The molecule has 0 aliphatic heterocycles. The number of carbonyl (C=O) groups is 2. The molecule has 1 aromatic carbocycles. The zero-order chi connectivity index (χ0) is 14.1. The van der Waals surface area contributed by atoms with E-state index in [2.05, 4.69) is 5.32 Å². The summed E-state index contributed by atoms with van der Waals surface area (Å²) >= 11 is 1.36. The average molecular weight is 317 g/mol. The molecule has 4 nitrogen and oxygen atoms in total. The summed E-state index contributed by atoms with van der Waals surface area (Å²) in [6.45, 7) is 1.46. The summed E-state index contributed by atoms with van der Waals surface area (Å²) in [4.78, 5) is 25.2. The van der Waals surface area contributed by atoms with Crippen LogP contribution < -0.4 is 5.32 Å². The fourth-order valence-electron chi connectivity index (χ4n) is 1.45. The molecule has 0 aromatic heterocycles. The smallest absolute Gasteiger partial charge is 0.232 e. The molecule has 1 N–H and O–H groups in total. The number of rotatable bonds is 8. The van der Waals surface area contributed by atoms with E-state index in [4.69, 9.17) is 0 Å². The van der Waals surface area contributed by atoms with E-state index in [1.54, 1.807) is 24.1 Å². The minimum absolute atomic E-state index is 0. The predicted molar refractivity (Wildman–Crippen MR) is 86.9 cm³/mol. The minimum Gasteiger partial charge on any atom is -0.344 e. The monoisotopic (exact) mass is 316 g/mol.